The van der Waals surface area contributed by atoms with Gasteiger partial charge in [0.2, 0.25) is 5.91 Å². The zero-order valence-electron chi connectivity index (χ0n) is 14.2. The van der Waals surface area contributed by atoms with Crippen molar-refractivity contribution < 1.29 is 4.79 Å². The van der Waals surface area contributed by atoms with Crippen molar-refractivity contribution in [2.75, 3.05) is 20.1 Å². The highest BCUT2D eigenvalue weighted by molar-refractivity contribution is 7.80. The molecule has 0 saturated carbocycles. The highest BCUT2D eigenvalue weighted by atomic mass is 32.1. The van der Waals surface area contributed by atoms with Crippen molar-refractivity contribution in [3.8, 4) is 0 Å². The topological polar surface area (TPSA) is 58.4 Å². The quantitative estimate of drug-likeness (QED) is 0.765. The Morgan fingerprint density at radius 2 is 1.90 bits per heavy atom. The van der Waals surface area contributed by atoms with Gasteiger partial charge in [0.1, 0.15) is 0 Å². The number of rotatable bonds is 5. The minimum absolute atomic E-state index is 0.0732. The number of hydrogen-bond acceptors (Lipinski definition) is 3. The molecule has 1 rings (SSSR count). The Morgan fingerprint density at radius 3 is 2.33 bits per heavy atom. The van der Waals surface area contributed by atoms with Gasteiger partial charge in [0.05, 0.1) is 10.5 Å². The maximum atomic E-state index is 12.4. The predicted molar refractivity (Wildman–Crippen MR) is 92.2 cm³/mol. The molecule has 1 amide bonds. The molecule has 0 spiro atoms. The molecule has 0 aromatic heterocycles. The number of nitrogens with one attached hydrogen (secondary N) is 1. The minimum Gasteiger partial charge on any atom is -0.391 e. The zero-order valence-corrected chi connectivity index (χ0v) is 15.0. The van der Waals surface area contributed by atoms with E-state index in [1.807, 2.05) is 0 Å². The maximum absolute atomic E-state index is 12.4. The zero-order chi connectivity index (χ0) is 16.3. The van der Waals surface area contributed by atoms with Crippen molar-refractivity contribution in [2.45, 2.75) is 58.9 Å². The van der Waals surface area contributed by atoms with Crippen LogP contribution in [0.3, 0.4) is 0 Å². The van der Waals surface area contributed by atoms with E-state index in [-0.39, 0.29) is 11.3 Å². The van der Waals surface area contributed by atoms with Crippen LogP contribution in [0.4, 0.5) is 0 Å². The van der Waals surface area contributed by atoms with Crippen LogP contribution < -0.4 is 11.1 Å². The normalized spacial score (nSPS) is 20.8. The Balaban J connectivity index is 2.60. The van der Waals surface area contributed by atoms with Gasteiger partial charge in [-0.15, -0.1) is 0 Å². The van der Waals surface area contributed by atoms with E-state index in [9.17, 15) is 4.79 Å². The summed E-state index contributed by atoms with van der Waals surface area (Å²) in [6.07, 6.45) is 3.18. The molecule has 3 N–H and O–H groups in total. The third-order valence-electron chi connectivity index (χ3n) is 4.19. The summed E-state index contributed by atoms with van der Waals surface area (Å²) in [6.45, 7) is 10.6. The smallest absolute Gasteiger partial charge is 0.221 e. The largest absolute Gasteiger partial charge is 0.391 e. The number of nitrogens with two attached hydrogens (primary N) is 1. The molecule has 1 aliphatic heterocycles. The first-order valence-electron chi connectivity index (χ1n) is 7.83. The summed E-state index contributed by atoms with van der Waals surface area (Å²) >= 11 is 5.23. The van der Waals surface area contributed by atoms with Gasteiger partial charge in [-0.2, -0.15) is 0 Å². The number of thiocarbonyl (C=S) groups is 1. The fourth-order valence-corrected chi connectivity index (χ4v) is 3.44. The molecule has 4 nitrogen and oxygen atoms in total. The van der Waals surface area contributed by atoms with Crippen LogP contribution in [0.15, 0.2) is 0 Å². The van der Waals surface area contributed by atoms with Crippen LogP contribution in [0.1, 0.15) is 53.4 Å². The molecule has 1 fully saturated rings. The fraction of sp³-hybridized carbons (Fsp3) is 0.875. The second kappa shape index (κ2) is 7.05. The van der Waals surface area contributed by atoms with Crippen molar-refractivity contribution in [3.05, 3.63) is 0 Å². The summed E-state index contributed by atoms with van der Waals surface area (Å²) < 4.78 is 0. The standard InChI is InChI=1S/C16H31N3OS/c1-12(11-15(2,3)4)10-13(20)18-16(14(17)21)6-8-19(5)9-7-16/h12H,6-11H2,1-5H3,(H2,17,21)(H,18,20). The van der Waals surface area contributed by atoms with Crippen LogP contribution in [-0.2, 0) is 4.79 Å². The molecule has 1 unspecified atom stereocenters. The predicted octanol–water partition coefficient (Wildman–Crippen LogP) is 2.32. The van der Waals surface area contributed by atoms with Crippen LogP contribution in [0, 0.1) is 11.3 Å². The number of amides is 1. The third-order valence-corrected chi connectivity index (χ3v) is 4.58. The molecule has 1 aliphatic rings. The average molecular weight is 314 g/mol. The molecule has 1 saturated heterocycles. The summed E-state index contributed by atoms with van der Waals surface area (Å²) in [4.78, 5) is 15.0. The van der Waals surface area contributed by atoms with Crippen LogP contribution >= 0.6 is 12.2 Å². The van der Waals surface area contributed by atoms with Gasteiger partial charge in [-0.1, -0.05) is 39.9 Å². The Bertz CT molecular complexity index is 381. The number of likely N-dealkylation sites (tertiary alicyclic amines) is 1. The summed E-state index contributed by atoms with van der Waals surface area (Å²) in [5.41, 5.74) is 5.69. The molecule has 0 aromatic carbocycles. The highest BCUT2D eigenvalue weighted by Gasteiger charge is 2.38. The molecule has 0 aliphatic carbocycles. The molecular weight excluding hydrogens is 282 g/mol. The Morgan fingerprint density at radius 1 is 1.38 bits per heavy atom. The second-order valence-electron chi connectivity index (χ2n) is 7.87. The van der Waals surface area contributed by atoms with E-state index >= 15 is 0 Å². The van der Waals surface area contributed by atoms with Crippen molar-refractivity contribution in [2.24, 2.45) is 17.1 Å². The number of carbonyl (C=O) groups excluding carboxylic acids is 1. The molecular formula is C16H31N3OS. The number of nitrogens with zero attached hydrogens (tertiary/aromatic N) is 1. The molecule has 1 atom stereocenters. The number of carbonyl (C=O) groups is 1. The summed E-state index contributed by atoms with van der Waals surface area (Å²) in [7, 11) is 2.08. The molecule has 0 radical (unpaired) electrons. The van der Waals surface area contributed by atoms with Gasteiger partial charge in [-0.25, -0.2) is 0 Å². The second-order valence-corrected chi connectivity index (χ2v) is 8.31. The lowest BCUT2D eigenvalue weighted by molar-refractivity contribution is -0.123. The van der Waals surface area contributed by atoms with Crippen LogP contribution in [0.25, 0.3) is 0 Å². The van der Waals surface area contributed by atoms with Crippen molar-refractivity contribution >= 4 is 23.1 Å². The first kappa shape index (κ1) is 18.4. The number of piperidine rings is 1. The van der Waals surface area contributed by atoms with E-state index < -0.39 is 5.54 Å². The average Bonchev–Trinajstić information content (AvgIpc) is 2.29. The molecule has 5 heteroatoms. The third kappa shape index (κ3) is 5.91. The number of hydrogen-bond donors (Lipinski definition) is 2. The van der Waals surface area contributed by atoms with Gasteiger partial charge in [0.25, 0.3) is 0 Å². The SMILES string of the molecule is CC(CC(=O)NC1(C(N)=S)CCN(C)CC1)CC(C)(C)C. The molecule has 1 heterocycles. The molecule has 21 heavy (non-hydrogen) atoms. The lowest BCUT2D eigenvalue weighted by atomic mass is 9.83. The van der Waals surface area contributed by atoms with Crippen LogP contribution in [0.2, 0.25) is 0 Å². The van der Waals surface area contributed by atoms with Crippen molar-refractivity contribution in [1.29, 1.82) is 0 Å². The molecule has 0 aromatic rings. The maximum Gasteiger partial charge on any atom is 0.221 e. The summed E-state index contributed by atoms with van der Waals surface area (Å²) in [5.74, 6) is 0.434. The Hall–Kier alpha value is -0.680. The fourth-order valence-electron chi connectivity index (χ4n) is 3.19. The van der Waals surface area contributed by atoms with E-state index in [2.05, 4.69) is 45.0 Å². The molecule has 122 valence electrons. The van der Waals surface area contributed by atoms with Gasteiger partial charge < -0.3 is 16.0 Å². The van der Waals surface area contributed by atoms with Gasteiger partial charge >= 0.3 is 0 Å². The Kier molecular flexibility index (Phi) is 6.17. The van der Waals surface area contributed by atoms with E-state index in [1.165, 1.54) is 0 Å². The lowest BCUT2D eigenvalue weighted by Crippen LogP contribution is -2.61. The van der Waals surface area contributed by atoms with Gasteiger partial charge in [-0.05, 0) is 37.6 Å². The summed E-state index contributed by atoms with van der Waals surface area (Å²) in [5, 5.41) is 3.14. The highest BCUT2D eigenvalue weighted by Crippen LogP contribution is 2.27. The molecule has 0 bridgehead atoms. The van der Waals surface area contributed by atoms with E-state index in [0.29, 0.717) is 17.3 Å². The minimum atomic E-state index is -0.486. The monoisotopic (exact) mass is 313 g/mol. The van der Waals surface area contributed by atoms with Crippen molar-refractivity contribution in [1.82, 2.24) is 10.2 Å². The summed E-state index contributed by atoms with van der Waals surface area (Å²) in [6, 6.07) is 0. The van der Waals surface area contributed by atoms with Gasteiger partial charge in [0, 0.05) is 19.5 Å². The lowest BCUT2D eigenvalue weighted by Gasteiger charge is -2.40. The van der Waals surface area contributed by atoms with Crippen LogP contribution in [0.5, 0.6) is 0 Å². The van der Waals surface area contributed by atoms with E-state index in [0.717, 1.165) is 32.4 Å². The van der Waals surface area contributed by atoms with Crippen molar-refractivity contribution in [3.63, 3.8) is 0 Å². The van der Waals surface area contributed by atoms with Gasteiger partial charge in [0.15, 0.2) is 0 Å². The van der Waals surface area contributed by atoms with E-state index in [1.54, 1.807) is 0 Å². The Labute approximate surface area is 134 Å². The van der Waals surface area contributed by atoms with E-state index in [4.69, 9.17) is 18.0 Å². The van der Waals surface area contributed by atoms with Crippen LogP contribution in [-0.4, -0.2) is 41.5 Å². The first-order chi connectivity index (χ1) is 9.54. The van der Waals surface area contributed by atoms with Gasteiger partial charge in [-0.3, -0.25) is 4.79 Å². The first-order valence-corrected chi connectivity index (χ1v) is 8.24.